The van der Waals surface area contributed by atoms with Crippen LogP contribution in [0.15, 0.2) is 23.8 Å². The van der Waals surface area contributed by atoms with Crippen LogP contribution in [0.2, 0.25) is 0 Å². The van der Waals surface area contributed by atoms with E-state index in [1.165, 1.54) is 12.2 Å². The first-order valence-electron chi connectivity index (χ1n) is 3.28. The van der Waals surface area contributed by atoms with Crippen molar-refractivity contribution in [2.24, 2.45) is 0 Å². The van der Waals surface area contributed by atoms with Gasteiger partial charge in [0.1, 0.15) is 5.57 Å². The number of esters is 1. The third-order valence-corrected chi connectivity index (χ3v) is 1.09. The Hall–Kier alpha value is -1.58. The van der Waals surface area contributed by atoms with Crippen molar-refractivity contribution >= 4 is 11.9 Å². The lowest BCUT2D eigenvalue weighted by atomic mass is 10.2. The molecule has 0 amide bonds. The standard InChI is InChI=1S/C8H10O4/c1-3-4-5-6(7(9)10)8(11)12-2/h3-5H,1-2H3,(H,9,10). The molecule has 0 unspecified atom stereocenters. The van der Waals surface area contributed by atoms with Crippen molar-refractivity contribution in [1.82, 2.24) is 0 Å². The number of hydrogen-bond acceptors (Lipinski definition) is 3. The van der Waals surface area contributed by atoms with E-state index in [0.717, 1.165) is 7.11 Å². The second-order valence-electron chi connectivity index (χ2n) is 1.90. The number of aliphatic carboxylic acids is 1. The number of carbonyl (C=O) groups excluding carboxylic acids is 1. The van der Waals surface area contributed by atoms with Gasteiger partial charge in [-0.3, -0.25) is 0 Å². The first-order chi connectivity index (χ1) is 5.63. The molecule has 0 atom stereocenters. The highest BCUT2D eigenvalue weighted by Crippen LogP contribution is 1.97. The summed E-state index contributed by atoms with van der Waals surface area (Å²) in [5, 5.41) is 8.50. The molecular formula is C8H10O4. The van der Waals surface area contributed by atoms with Crippen LogP contribution in [0.5, 0.6) is 0 Å². The van der Waals surface area contributed by atoms with Gasteiger partial charge in [-0.25, -0.2) is 9.59 Å². The molecule has 0 saturated carbocycles. The Morgan fingerprint density at radius 1 is 1.42 bits per heavy atom. The van der Waals surface area contributed by atoms with Crippen LogP contribution < -0.4 is 0 Å². The molecule has 0 aromatic heterocycles. The maximum absolute atomic E-state index is 10.8. The second-order valence-corrected chi connectivity index (χ2v) is 1.90. The van der Waals surface area contributed by atoms with E-state index in [9.17, 15) is 9.59 Å². The van der Waals surface area contributed by atoms with E-state index >= 15 is 0 Å². The van der Waals surface area contributed by atoms with Gasteiger partial charge >= 0.3 is 11.9 Å². The lowest BCUT2D eigenvalue weighted by molar-refractivity contribution is -0.142. The van der Waals surface area contributed by atoms with E-state index in [2.05, 4.69) is 4.74 Å². The zero-order valence-electron chi connectivity index (χ0n) is 6.90. The fourth-order valence-electron chi connectivity index (χ4n) is 0.529. The Labute approximate surface area is 70.1 Å². The van der Waals surface area contributed by atoms with Crippen LogP contribution in [0, 0.1) is 0 Å². The van der Waals surface area contributed by atoms with E-state index in [1.54, 1.807) is 13.0 Å². The molecule has 12 heavy (non-hydrogen) atoms. The van der Waals surface area contributed by atoms with Gasteiger partial charge in [0.25, 0.3) is 0 Å². The van der Waals surface area contributed by atoms with Crippen LogP contribution in [-0.4, -0.2) is 24.2 Å². The van der Waals surface area contributed by atoms with Gasteiger partial charge in [0.15, 0.2) is 0 Å². The predicted molar refractivity (Wildman–Crippen MR) is 42.5 cm³/mol. The number of allylic oxidation sites excluding steroid dienone is 3. The summed E-state index contributed by atoms with van der Waals surface area (Å²) in [4.78, 5) is 21.2. The minimum absolute atomic E-state index is 0.379. The maximum Gasteiger partial charge on any atom is 0.345 e. The number of carbonyl (C=O) groups is 2. The SMILES string of the molecule is CC=CC=C(C(=O)O)C(=O)OC. The Bertz CT molecular complexity index is 237. The quantitative estimate of drug-likeness (QED) is 0.223. The monoisotopic (exact) mass is 170 g/mol. The molecule has 0 saturated heterocycles. The third kappa shape index (κ3) is 3.01. The minimum atomic E-state index is -1.29. The molecule has 0 spiro atoms. The fourth-order valence-corrected chi connectivity index (χ4v) is 0.529. The topological polar surface area (TPSA) is 63.6 Å². The smallest absolute Gasteiger partial charge is 0.345 e. The molecule has 0 rings (SSSR count). The second kappa shape index (κ2) is 5.12. The zero-order valence-corrected chi connectivity index (χ0v) is 6.90. The molecule has 0 fully saturated rings. The first kappa shape index (κ1) is 10.4. The van der Waals surface area contributed by atoms with Crippen molar-refractivity contribution in [2.45, 2.75) is 6.92 Å². The van der Waals surface area contributed by atoms with Crippen LogP contribution in [0.1, 0.15) is 6.92 Å². The van der Waals surface area contributed by atoms with Crippen LogP contribution >= 0.6 is 0 Å². The lowest BCUT2D eigenvalue weighted by Crippen LogP contribution is -2.13. The average molecular weight is 170 g/mol. The van der Waals surface area contributed by atoms with Crippen molar-refractivity contribution in [1.29, 1.82) is 0 Å². The van der Waals surface area contributed by atoms with Crippen LogP contribution in [0.25, 0.3) is 0 Å². The number of methoxy groups -OCH3 is 1. The highest BCUT2D eigenvalue weighted by Gasteiger charge is 2.15. The van der Waals surface area contributed by atoms with Gasteiger partial charge in [0.05, 0.1) is 7.11 Å². The summed E-state index contributed by atoms with van der Waals surface area (Å²) in [6.07, 6.45) is 4.26. The third-order valence-electron chi connectivity index (χ3n) is 1.09. The van der Waals surface area contributed by atoms with Crippen molar-refractivity contribution in [3.05, 3.63) is 23.8 Å². The van der Waals surface area contributed by atoms with Crippen molar-refractivity contribution < 1.29 is 19.4 Å². The summed E-state index contributed by atoms with van der Waals surface area (Å²) < 4.78 is 4.25. The molecule has 4 nitrogen and oxygen atoms in total. The highest BCUT2D eigenvalue weighted by atomic mass is 16.5. The van der Waals surface area contributed by atoms with E-state index in [1.807, 2.05) is 0 Å². The molecular weight excluding hydrogens is 160 g/mol. The molecule has 0 aromatic rings. The van der Waals surface area contributed by atoms with E-state index in [-0.39, 0.29) is 5.57 Å². The summed E-state index contributed by atoms with van der Waals surface area (Å²) in [5.41, 5.74) is -0.379. The molecule has 0 aliphatic rings. The summed E-state index contributed by atoms with van der Waals surface area (Å²) in [6, 6.07) is 0. The maximum atomic E-state index is 10.8. The summed E-state index contributed by atoms with van der Waals surface area (Å²) >= 11 is 0. The van der Waals surface area contributed by atoms with Crippen molar-refractivity contribution in [3.8, 4) is 0 Å². The Morgan fingerprint density at radius 2 is 2.00 bits per heavy atom. The van der Waals surface area contributed by atoms with Crippen molar-refractivity contribution in [2.75, 3.05) is 7.11 Å². The van der Waals surface area contributed by atoms with Gasteiger partial charge in [-0.2, -0.15) is 0 Å². The van der Waals surface area contributed by atoms with Crippen LogP contribution in [0.3, 0.4) is 0 Å². The van der Waals surface area contributed by atoms with Gasteiger partial charge in [0.2, 0.25) is 0 Å². The highest BCUT2D eigenvalue weighted by molar-refractivity contribution is 6.13. The Kier molecular flexibility index (Phi) is 4.45. The van der Waals surface area contributed by atoms with Crippen LogP contribution in [0.4, 0.5) is 0 Å². The normalized spacial score (nSPS) is 11.7. The summed E-state index contributed by atoms with van der Waals surface area (Å²) in [5.74, 6) is -2.14. The van der Waals surface area contributed by atoms with Crippen molar-refractivity contribution in [3.63, 3.8) is 0 Å². The molecule has 0 radical (unpaired) electrons. The molecule has 4 heteroatoms. The lowest BCUT2D eigenvalue weighted by Gasteiger charge is -1.96. The van der Waals surface area contributed by atoms with E-state index in [4.69, 9.17) is 5.11 Å². The van der Waals surface area contributed by atoms with E-state index < -0.39 is 11.9 Å². The average Bonchev–Trinajstić information content (AvgIpc) is 2.04. The molecule has 1 N–H and O–H groups in total. The minimum Gasteiger partial charge on any atom is -0.477 e. The number of carboxylic acid groups (broad SMARTS) is 1. The van der Waals surface area contributed by atoms with Gasteiger partial charge < -0.3 is 9.84 Å². The molecule has 66 valence electrons. The summed E-state index contributed by atoms with van der Waals surface area (Å²) in [6.45, 7) is 1.72. The van der Waals surface area contributed by atoms with Crippen LogP contribution in [-0.2, 0) is 14.3 Å². The molecule has 0 bridgehead atoms. The number of ether oxygens (including phenoxy) is 1. The van der Waals surface area contributed by atoms with Gasteiger partial charge in [-0.05, 0) is 13.0 Å². The number of hydrogen-bond donors (Lipinski definition) is 1. The van der Waals surface area contributed by atoms with Gasteiger partial charge in [0, 0.05) is 0 Å². The Balaban J connectivity index is 4.66. The first-order valence-corrected chi connectivity index (χ1v) is 3.28. The summed E-state index contributed by atoms with van der Waals surface area (Å²) in [7, 11) is 1.13. The Morgan fingerprint density at radius 3 is 2.33 bits per heavy atom. The molecule has 0 aromatic carbocycles. The van der Waals surface area contributed by atoms with Gasteiger partial charge in [-0.1, -0.05) is 12.2 Å². The zero-order chi connectivity index (χ0) is 9.56. The molecule has 0 heterocycles. The molecule has 0 aliphatic carbocycles. The fraction of sp³-hybridized carbons (Fsp3) is 0.250. The number of carboxylic acids is 1. The van der Waals surface area contributed by atoms with Gasteiger partial charge in [-0.15, -0.1) is 0 Å². The predicted octanol–water partition coefficient (Wildman–Crippen LogP) is 0.746. The van der Waals surface area contributed by atoms with E-state index in [0.29, 0.717) is 0 Å². The molecule has 0 aliphatic heterocycles. The number of rotatable bonds is 3. The largest absolute Gasteiger partial charge is 0.477 e.